The number of halogens is 1. The minimum absolute atomic E-state index is 0.142. The summed E-state index contributed by atoms with van der Waals surface area (Å²) in [6, 6.07) is 5.64. The first-order valence-corrected chi connectivity index (χ1v) is 7.20. The fraction of sp³-hybridized carbons (Fsp3) is 0.571. The maximum absolute atomic E-state index is 9.90. The monoisotopic (exact) mass is 315 g/mol. The van der Waals surface area contributed by atoms with Gasteiger partial charge in [-0.05, 0) is 43.5 Å². The summed E-state index contributed by atoms with van der Waals surface area (Å²) in [7, 11) is 0. The molecule has 0 spiro atoms. The highest BCUT2D eigenvalue weighted by Crippen LogP contribution is 2.29. The smallest absolute Gasteiger partial charge is 0.120 e. The predicted octanol–water partition coefficient (Wildman–Crippen LogP) is 3.21. The number of hydrogen-bond donors (Lipinski definition) is 3. The Balaban J connectivity index is 2.68. The zero-order chi connectivity index (χ0) is 13.5. The van der Waals surface area contributed by atoms with Gasteiger partial charge in [0.15, 0.2) is 0 Å². The topological polar surface area (TPSA) is 52.5 Å². The molecule has 0 bridgehead atoms. The second kappa shape index (κ2) is 7.77. The third kappa shape index (κ3) is 4.59. The van der Waals surface area contributed by atoms with Crippen molar-refractivity contribution < 1.29 is 10.2 Å². The van der Waals surface area contributed by atoms with Crippen molar-refractivity contribution in [2.75, 3.05) is 13.2 Å². The first-order chi connectivity index (χ1) is 8.58. The third-order valence-electron chi connectivity index (χ3n) is 3.11. The largest absolute Gasteiger partial charge is 0.508 e. The summed E-state index contributed by atoms with van der Waals surface area (Å²) in [5, 5.41) is 22.2. The highest BCUT2D eigenvalue weighted by Gasteiger charge is 2.14. The molecule has 4 heteroatoms. The summed E-state index contributed by atoms with van der Waals surface area (Å²) in [5.41, 5.74) is 0.920. The molecule has 0 saturated carbocycles. The van der Waals surface area contributed by atoms with Crippen LogP contribution in [0.3, 0.4) is 0 Å². The van der Waals surface area contributed by atoms with Gasteiger partial charge in [0.05, 0.1) is 0 Å². The molecule has 3 N–H and O–H groups in total. The van der Waals surface area contributed by atoms with Crippen LogP contribution >= 0.6 is 15.9 Å². The van der Waals surface area contributed by atoms with Crippen molar-refractivity contribution in [1.82, 2.24) is 5.32 Å². The van der Waals surface area contributed by atoms with Crippen LogP contribution in [0.15, 0.2) is 22.7 Å². The third-order valence-corrected chi connectivity index (χ3v) is 3.60. The molecule has 102 valence electrons. The van der Waals surface area contributed by atoms with Gasteiger partial charge in [-0.25, -0.2) is 0 Å². The molecule has 1 aromatic carbocycles. The Bertz CT molecular complexity index is 371. The average molecular weight is 316 g/mol. The quantitative estimate of drug-likeness (QED) is 0.724. The average Bonchev–Trinajstić information content (AvgIpc) is 2.34. The zero-order valence-corrected chi connectivity index (χ0v) is 12.6. The second-order valence-corrected chi connectivity index (χ2v) is 5.61. The molecule has 2 unspecified atom stereocenters. The van der Waals surface area contributed by atoms with Crippen molar-refractivity contribution in [2.45, 2.75) is 32.7 Å². The van der Waals surface area contributed by atoms with Gasteiger partial charge >= 0.3 is 0 Å². The summed E-state index contributed by atoms with van der Waals surface area (Å²) in [6.07, 6.45) is 1.71. The first kappa shape index (κ1) is 15.5. The first-order valence-electron chi connectivity index (χ1n) is 6.41. The van der Waals surface area contributed by atoms with E-state index in [-0.39, 0.29) is 12.6 Å². The second-order valence-electron chi connectivity index (χ2n) is 4.69. The molecule has 3 nitrogen and oxygen atoms in total. The molecular weight excluding hydrogens is 294 g/mol. The summed E-state index contributed by atoms with van der Waals surface area (Å²) in [5.74, 6) is 0.755. The van der Waals surface area contributed by atoms with Gasteiger partial charge in [0, 0.05) is 22.7 Å². The number of hydrogen-bond acceptors (Lipinski definition) is 3. The molecule has 0 amide bonds. The van der Waals surface area contributed by atoms with E-state index >= 15 is 0 Å². The van der Waals surface area contributed by atoms with Crippen LogP contribution in [0.25, 0.3) is 0 Å². The van der Waals surface area contributed by atoms with Gasteiger partial charge in [0.2, 0.25) is 0 Å². The van der Waals surface area contributed by atoms with E-state index in [0.29, 0.717) is 11.7 Å². The lowest BCUT2D eigenvalue weighted by Gasteiger charge is -2.21. The Morgan fingerprint density at radius 3 is 2.72 bits per heavy atom. The van der Waals surface area contributed by atoms with Crippen molar-refractivity contribution in [2.24, 2.45) is 5.92 Å². The van der Waals surface area contributed by atoms with Crippen LogP contribution < -0.4 is 5.32 Å². The summed E-state index contributed by atoms with van der Waals surface area (Å²) in [6.45, 7) is 5.26. The molecule has 2 atom stereocenters. The number of aliphatic hydroxyl groups is 1. The number of phenols is 1. The van der Waals surface area contributed by atoms with Crippen LogP contribution in [-0.2, 0) is 0 Å². The lowest BCUT2D eigenvalue weighted by molar-refractivity contribution is 0.257. The number of nitrogens with one attached hydrogen (secondary N) is 1. The van der Waals surface area contributed by atoms with E-state index in [0.717, 1.165) is 29.4 Å². The van der Waals surface area contributed by atoms with Gasteiger partial charge in [0.1, 0.15) is 5.75 Å². The minimum atomic E-state index is 0.142. The molecule has 0 aliphatic rings. The van der Waals surface area contributed by atoms with E-state index in [9.17, 15) is 5.11 Å². The van der Waals surface area contributed by atoms with E-state index in [2.05, 4.69) is 35.1 Å². The van der Waals surface area contributed by atoms with Gasteiger partial charge in [-0.1, -0.05) is 29.8 Å². The molecule has 0 radical (unpaired) electrons. The predicted molar refractivity (Wildman–Crippen MR) is 77.7 cm³/mol. The molecule has 0 saturated heterocycles. The van der Waals surface area contributed by atoms with Crippen molar-refractivity contribution in [3.63, 3.8) is 0 Å². The fourth-order valence-corrected chi connectivity index (χ4v) is 2.32. The number of rotatable bonds is 7. The molecule has 1 rings (SSSR count). The van der Waals surface area contributed by atoms with Crippen molar-refractivity contribution in [1.29, 1.82) is 0 Å². The Morgan fingerprint density at radius 2 is 2.11 bits per heavy atom. The van der Waals surface area contributed by atoms with Gasteiger partial charge < -0.3 is 15.5 Å². The molecule has 0 fully saturated rings. The molecular formula is C14H22BrNO2. The van der Waals surface area contributed by atoms with Crippen LogP contribution in [0.4, 0.5) is 0 Å². The lowest BCUT2D eigenvalue weighted by atomic mass is 10.0. The van der Waals surface area contributed by atoms with E-state index in [1.165, 1.54) is 0 Å². The van der Waals surface area contributed by atoms with Gasteiger partial charge in [-0.3, -0.25) is 0 Å². The highest BCUT2D eigenvalue weighted by molar-refractivity contribution is 9.10. The maximum Gasteiger partial charge on any atom is 0.120 e. The molecule has 0 heterocycles. The van der Waals surface area contributed by atoms with Crippen LogP contribution in [0.1, 0.15) is 38.3 Å². The van der Waals surface area contributed by atoms with E-state index in [1.807, 2.05) is 12.1 Å². The van der Waals surface area contributed by atoms with Crippen LogP contribution in [0.5, 0.6) is 5.75 Å². The molecule has 1 aromatic rings. The Kier molecular flexibility index (Phi) is 6.68. The van der Waals surface area contributed by atoms with Crippen molar-refractivity contribution in [3.8, 4) is 5.75 Å². The van der Waals surface area contributed by atoms with Crippen molar-refractivity contribution in [3.05, 3.63) is 28.2 Å². The summed E-state index contributed by atoms with van der Waals surface area (Å²) >= 11 is 3.43. The normalized spacial score (nSPS) is 14.4. The minimum Gasteiger partial charge on any atom is -0.508 e. The fourth-order valence-electron chi connectivity index (χ4n) is 1.94. The van der Waals surface area contributed by atoms with Gasteiger partial charge in [0.25, 0.3) is 0 Å². The zero-order valence-electron chi connectivity index (χ0n) is 11.0. The Labute approximate surface area is 117 Å². The van der Waals surface area contributed by atoms with Crippen LogP contribution in [0.2, 0.25) is 0 Å². The van der Waals surface area contributed by atoms with E-state index < -0.39 is 0 Å². The van der Waals surface area contributed by atoms with Crippen LogP contribution in [0, 0.1) is 5.92 Å². The molecule has 0 aliphatic heterocycles. The standard InChI is InChI=1S/C14H22BrNO2/c1-3-13(16-9-10(2)6-7-17)12-8-11(15)4-5-14(12)18/h4-5,8,10,13,16-18H,3,6-7,9H2,1-2H3. The number of aliphatic hydroxyl groups excluding tert-OH is 1. The summed E-state index contributed by atoms with van der Waals surface area (Å²) < 4.78 is 0.971. The maximum atomic E-state index is 9.90. The van der Waals surface area contributed by atoms with Gasteiger partial charge in [-0.2, -0.15) is 0 Å². The highest BCUT2D eigenvalue weighted by atomic mass is 79.9. The van der Waals surface area contributed by atoms with Gasteiger partial charge in [-0.15, -0.1) is 0 Å². The van der Waals surface area contributed by atoms with Crippen molar-refractivity contribution >= 4 is 15.9 Å². The number of aromatic hydroxyl groups is 1. The molecule has 18 heavy (non-hydrogen) atoms. The SMILES string of the molecule is CCC(NCC(C)CCO)c1cc(Br)ccc1O. The number of phenolic OH excluding ortho intramolecular Hbond substituents is 1. The van der Waals surface area contributed by atoms with Crippen LogP contribution in [-0.4, -0.2) is 23.4 Å². The number of benzene rings is 1. The lowest BCUT2D eigenvalue weighted by Crippen LogP contribution is -2.26. The molecule has 0 aliphatic carbocycles. The Morgan fingerprint density at radius 1 is 1.39 bits per heavy atom. The molecule has 0 aromatic heterocycles. The van der Waals surface area contributed by atoms with E-state index in [4.69, 9.17) is 5.11 Å². The summed E-state index contributed by atoms with van der Waals surface area (Å²) in [4.78, 5) is 0. The Hall–Kier alpha value is -0.580. The van der Waals surface area contributed by atoms with E-state index in [1.54, 1.807) is 6.07 Å².